The maximum Gasteiger partial charge on any atom is 0.336 e. The molecule has 0 fully saturated rings. The summed E-state index contributed by atoms with van der Waals surface area (Å²) in [6.45, 7) is 0. The largest absolute Gasteiger partial charge is 0.478 e. The van der Waals surface area contributed by atoms with E-state index in [0.717, 1.165) is 0 Å². The first-order valence-electron chi connectivity index (χ1n) is 5.51. The first kappa shape index (κ1) is 14.6. The van der Waals surface area contributed by atoms with Gasteiger partial charge in [-0.05, 0) is 62.2 Å². The molecule has 20 heavy (non-hydrogen) atoms. The molecule has 0 aliphatic rings. The fourth-order valence-electron chi connectivity index (χ4n) is 1.66. The maximum atomic E-state index is 11.1. The molecule has 2 N–H and O–H groups in total. The van der Waals surface area contributed by atoms with Crippen LogP contribution in [0.5, 0.6) is 0 Å². The lowest BCUT2D eigenvalue weighted by atomic mass is 10.1. The molecular weight excluding hydrogens is 388 g/mol. The molecule has 0 spiro atoms. The van der Waals surface area contributed by atoms with Crippen LogP contribution in [0, 0.1) is 11.3 Å². The van der Waals surface area contributed by atoms with Gasteiger partial charge in [-0.15, -0.1) is 0 Å². The molecule has 0 saturated carbocycles. The SMILES string of the molecule is N#Cc1c(Br)cccc1Nc1ccc(Br)c(C(=O)O)c1. The Morgan fingerprint density at radius 3 is 2.60 bits per heavy atom. The number of hydrogen-bond acceptors (Lipinski definition) is 3. The summed E-state index contributed by atoms with van der Waals surface area (Å²) in [7, 11) is 0. The lowest BCUT2D eigenvalue weighted by Crippen LogP contribution is -2.00. The summed E-state index contributed by atoms with van der Waals surface area (Å²) in [5.74, 6) is -1.02. The number of anilines is 2. The van der Waals surface area contributed by atoms with E-state index < -0.39 is 5.97 Å². The van der Waals surface area contributed by atoms with Crippen LogP contribution >= 0.6 is 31.9 Å². The number of carboxylic acids is 1. The normalized spacial score (nSPS) is 9.85. The van der Waals surface area contributed by atoms with Crippen LogP contribution < -0.4 is 5.32 Å². The molecule has 0 atom stereocenters. The van der Waals surface area contributed by atoms with E-state index in [2.05, 4.69) is 43.2 Å². The van der Waals surface area contributed by atoms with Gasteiger partial charge >= 0.3 is 5.97 Å². The van der Waals surface area contributed by atoms with Gasteiger partial charge in [-0.1, -0.05) is 6.07 Å². The molecule has 2 rings (SSSR count). The zero-order chi connectivity index (χ0) is 14.7. The third-order valence-corrected chi connectivity index (χ3v) is 3.95. The molecule has 0 aliphatic heterocycles. The predicted octanol–water partition coefficient (Wildman–Crippen LogP) is 4.53. The molecule has 0 radical (unpaired) electrons. The minimum Gasteiger partial charge on any atom is -0.478 e. The molecule has 100 valence electrons. The van der Waals surface area contributed by atoms with Crippen molar-refractivity contribution in [2.24, 2.45) is 0 Å². The lowest BCUT2D eigenvalue weighted by molar-refractivity contribution is 0.0696. The summed E-state index contributed by atoms with van der Waals surface area (Å²) in [5.41, 5.74) is 1.83. The van der Waals surface area contributed by atoms with Crippen molar-refractivity contribution in [3.63, 3.8) is 0 Å². The van der Waals surface area contributed by atoms with Gasteiger partial charge in [-0.2, -0.15) is 5.26 Å². The highest BCUT2D eigenvalue weighted by molar-refractivity contribution is 9.10. The summed E-state index contributed by atoms with van der Waals surface area (Å²) < 4.78 is 1.19. The summed E-state index contributed by atoms with van der Waals surface area (Å²) in [4.78, 5) is 11.1. The monoisotopic (exact) mass is 394 g/mol. The summed E-state index contributed by atoms with van der Waals surface area (Å²) in [5, 5.41) is 21.3. The first-order chi connectivity index (χ1) is 9.52. The fraction of sp³-hybridized carbons (Fsp3) is 0. The Morgan fingerprint density at radius 2 is 1.95 bits per heavy atom. The number of benzene rings is 2. The zero-order valence-electron chi connectivity index (χ0n) is 10.0. The van der Waals surface area contributed by atoms with Crippen molar-refractivity contribution < 1.29 is 9.90 Å². The van der Waals surface area contributed by atoms with Gasteiger partial charge in [0.1, 0.15) is 6.07 Å². The molecule has 0 saturated heterocycles. The van der Waals surface area contributed by atoms with Crippen LogP contribution in [-0.4, -0.2) is 11.1 Å². The minimum absolute atomic E-state index is 0.156. The lowest BCUT2D eigenvalue weighted by Gasteiger charge is -2.10. The summed E-state index contributed by atoms with van der Waals surface area (Å²) in [6.07, 6.45) is 0. The van der Waals surface area contributed by atoms with E-state index in [0.29, 0.717) is 25.9 Å². The third-order valence-electron chi connectivity index (χ3n) is 2.60. The Morgan fingerprint density at radius 1 is 1.20 bits per heavy atom. The van der Waals surface area contributed by atoms with Gasteiger partial charge < -0.3 is 10.4 Å². The average Bonchev–Trinajstić information content (AvgIpc) is 2.41. The van der Waals surface area contributed by atoms with E-state index in [1.807, 2.05) is 0 Å². The maximum absolute atomic E-state index is 11.1. The van der Waals surface area contributed by atoms with Crippen molar-refractivity contribution in [3.05, 3.63) is 56.5 Å². The van der Waals surface area contributed by atoms with Gasteiger partial charge in [-0.3, -0.25) is 0 Å². The predicted molar refractivity (Wildman–Crippen MR) is 83.2 cm³/mol. The first-order valence-corrected chi connectivity index (χ1v) is 7.10. The number of nitriles is 1. The highest BCUT2D eigenvalue weighted by Gasteiger charge is 2.11. The Labute approximate surface area is 132 Å². The number of halogens is 2. The number of carboxylic acid groups (broad SMARTS) is 1. The number of nitrogens with one attached hydrogen (secondary N) is 1. The molecule has 2 aromatic rings. The molecule has 4 nitrogen and oxygen atoms in total. The quantitative estimate of drug-likeness (QED) is 0.800. The Balaban J connectivity index is 2.41. The Bertz CT molecular complexity index is 724. The fourth-order valence-corrected chi connectivity index (χ4v) is 2.54. The van der Waals surface area contributed by atoms with E-state index >= 15 is 0 Å². The van der Waals surface area contributed by atoms with Crippen molar-refractivity contribution >= 4 is 49.2 Å². The molecule has 0 aliphatic carbocycles. The highest BCUT2D eigenvalue weighted by atomic mass is 79.9. The smallest absolute Gasteiger partial charge is 0.336 e. The van der Waals surface area contributed by atoms with E-state index in [1.165, 1.54) is 6.07 Å². The summed E-state index contributed by atoms with van der Waals surface area (Å²) in [6, 6.07) is 12.3. The van der Waals surface area contributed by atoms with Crippen molar-refractivity contribution in [3.8, 4) is 6.07 Å². The standard InChI is InChI=1S/C14H8Br2N2O2/c15-11-2-1-3-13(10(11)7-17)18-8-4-5-12(16)9(6-8)14(19)20/h1-6,18H,(H,19,20). The Hall–Kier alpha value is -1.84. The van der Waals surface area contributed by atoms with Crippen molar-refractivity contribution in [2.45, 2.75) is 0 Å². The van der Waals surface area contributed by atoms with Crippen LogP contribution in [0.15, 0.2) is 45.3 Å². The van der Waals surface area contributed by atoms with Gasteiger partial charge in [0.25, 0.3) is 0 Å². The topological polar surface area (TPSA) is 73.1 Å². The van der Waals surface area contributed by atoms with Crippen molar-refractivity contribution in [2.75, 3.05) is 5.32 Å². The second-order valence-electron chi connectivity index (χ2n) is 3.90. The zero-order valence-corrected chi connectivity index (χ0v) is 13.2. The number of rotatable bonds is 3. The third kappa shape index (κ3) is 3.00. The second kappa shape index (κ2) is 6.07. The van der Waals surface area contributed by atoms with Gasteiger partial charge in [0.2, 0.25) is 0 Å². The molecule has 0 unspecified atom stereocenters. The molecule has 0 aromatic heterocycles. The molecule has 2 aromatic carbocycles. The van der Waals surface area contributed by atoms with Crippen LogP contribution in [0.2, 0.25) is 0 Å². The van der Waals surface area contributed by atoms with E-state index in [-0.39, 0.29) is 5.56 Å². The van der Waals surface area contributed by atoms with Crippen molar-refractivity contribution in [1.82, 2.24) is 0 Å². The molecular formula is C14H8Br2N2O2. The summed E-state index contributed by atoms with van der Waals surface area (Å²) >= 11 is 6.49. The van der Waals surface area contributed by atoms with Crippen LogP contribution in [0.4, 0.5) is 11.4 Å². The number of nitrogens with zero attached hydrogens (tertiary/aromatic N) is 1. The van der Waals surface area contributed by atoms with E-state index in [9.17, 15) is 4.79 Å². The van der Waals surface area contributed by atoms with Gasteiger partial charge in [0.15, 0.2) is 0 Å². The Kier molecular flexibility index (Phi) is 4.42. The molecule has 0 bridgehead atoms. The van der Waals surface area contributed by atoms with E-state index in [4.69, 9.17) is 10.4 Å². The van der Waals surface area contributed by atoms with Crippen LogP contribution in [0.3, 0.4) is 0 Å². The van der Waals surface area contributed by atoms with Crippen molar-refractivity contribution in [1.29, 1.82) is 5.26 Å². The van der Waals surface area contributed by atoms with Crippen LogP contribution in [-0.2, 0) is 0 Å². The molecule has 0 heterocycles. The average molecular weight is 396 g/mol. The van der Waals surface area contributed by atoms with Gasteiger partial charge in [-0.25, -0.2) is 4.79 Å². The molecule has 0 amide bonds. The highest BCUT2D eigenvalue weighted by Crippen LogP contribution is 2.28. The minimum atomic E-state index is -1.02. The van der Waals surface area contributed by atoms with Gasteiger partial charge in [0, 0.05) is 14.6 Å². The van der Waals surface area contributed by atoms with Crippen LogP contribution in [0.1, 0.15) is 15.9 Å². The number of hydrogen-bond donors (Lipinski definition) is 2. The number of carbonyl (C=O) groups is 1. The van der Waals surface area contributed by atoms with E-state index in [1.54, 1.807) is 30.3 Å². The second-order valence-corrected chi connectivity index (χ2v) is 5.61. The van der Waals surface area contributed by atoms with Gasteiger partial charge in [0.05, 0.1) is 16.8 Å². The van der Waals surface area contributed by atoms with Crippen LogP contribution in [0.25, 0.3) is 0 Å². The number of aromatic carboxylic acids is 1. The molecule has 6 heteroatoms.